The number of rotatable bonds is 6. The van der Waals surface area contributed by atoms with Crippen molar-refractivity contribution < 1.29 is 4.21 Å². The Labute approximate surface area is 87.2 Å². The van der Waals surface area contributed by atoms with Crippen LogP contribution in [0.2, 0.25) is 0 Å². The van der Waals surface area contributed by atoms with Gasteiger partial charge in [-0.15, -0.1) is 0 Å². The van der Waals surface area contributed by atoms with E-state index in [0.717, 1.165) is 31.1 Å². The van der Waals surface area contributed by atoms with Crippen LogP contribution in [0.3, 0.4) is 0 Å². The normalized spacial score (nSPS) is 13.0. The van der Waals surface area contributed by atoms with Crippen molar-refractivity contribution in [3.8, 4) is 0 Å². The molecule has 0 fully saturated rings. The topological polar surface area (TPSA) is 46.9 Å². The highest BCUT2D eigenvalue weighted by Gasteiger charge is 1.97. The van der Waals surface area contributed by atoms with Gasteiger partial charge >= 0.3 is 0 Å². The number of nitrogens with zero attached hydrogens (tertiary/aromatic N) is 2. The van der Waals surface area contributed by atoms with Gasteiger partial charge in [0, 0.05) is 61.8 Å². The predicted octanol–water partition coefficient (Wildman–Crippen LogP) is -0.0693. The average Bonchev–Trinajstić information content (AvgIpc) is 2.51. The first kappa shape index (κ1) is 11.4. The van der Waals surface area contributed by atoms with E-state index in [1.165, 1.54) is 0 Å². The molecule has 1 atom stereocenters. The Balaban J connectivity index is 2.10. The SMILES string of the molecule is Cn1ccnc1CCNCCS(C)=O. The number of imidazole rings is 1. The van der Waals surface area contributed by atoms with E-state index < -0.39 is 10.8 Å². The molecule has 0 aliphatic heterocycles. The van der Waals surface area contributed by atoms with E-state index in [1.807, 2.05) is 17.8 Å². The first-order chi connectivity index (χ1) is 6.70. The summed E-state index contributed by atoms with van der Waals surface area (Å²) >= 11 is 0. The Bertz CT molecular complexity index is 298. The molecule has 1 aromatic heterocycles. The van der Waals surface area contributed by atoms with Crippen LogP contribution < -0.4 is 5.32 Å². The van der Waals surface area contributed by atoms with Crippen molar-refractivity contribution in [2.24, 2.45) is 7.05 Å². The number of nitrogens with one attached hydrogen (secondary N) is 1. The van der Waals surface area contributed by atoms with Crippen molar-refractivity contribution >= 4 is 10.8 Å². The molecule has 1 aromatic rings. The molecule has 1 N–H and O–H groups in total. The van der Waals surface area contributed by atoms with Crippen molar-refractivity contribution in [2.45, 2.75) is 6.42 Å². The predicted molar refractivity (Wildman–Crippen MR) is 58.7 cm³/mol. The van der Waals surface area contributed by atoms with Gasteiger partial charge in [0.25, 0.3) is 0 Å². The van der Waals surface area contributed by atoms with Gasteiger partial charge in [-0.2, -0.15) is 0 Å². The lowest BCUT2D eigenvalue weighted by atomic mass is 10.4. The summed E-state index contributed by atoms with van der Waals surface area (Å²) in [7, 11) is 1.30. The van der Waals surface area contributed by atoms with Crippen molar-refractivity contribution in [1.29, 1.82) is 0 Å². The largest absolute Gasteiger partial charge is 0.338 e. The Morgan fingerprint density at radius 3 is 2.93 bits per heavy atom. The van der Waals surface area contributed by atoms with Gasteiger partial charge in [0.05, 0.1) is 0 Å². The van der Waals surface area contributed by atoms with Crippen molar-refractivity contribution in [3.63, 3.8) is 0 Å². The number of hydrogen-bond donors (Lipinski definition) is 1. The Morgan fingerprint density at radius 1 is 1.57 bits per heavy atom. The van der Waals surface area contributed by atoms with Crippen LogP contribution in [-0.2, 0) is 24.3 Å². The zero-order valence-corrected chi connectivity index (χ0v) is 9.51. The van der Waals surface area contributed by atoms with Crippen LogP contribution in [0, 0.1) is 0 Å². The van der Waals surface area contributed by atoms with E-state index in [1.54, 1.807) is 12.5 Å². The Morgan fingerprint density at radius 2 is 2.36 bits per heavy atom. The molecule has 0 spiro atoms. The minimum Gasteiger partial charge on any atom is -0.338 e. The lowest BCUT2D eigenvalue weighted by Crippen LogP contribution is -2.23. The second kappa shape index (κ2) is 5.93. The Hall–Kier alpha value is -0.680. The highest BCUT2D eigenvalue weighted by molar-refractivity contribution is 7.84. The molecule has 1 rings (SSSR count). The van der Waals surface area contributed by atoms with Crippen LogP contribution >= 0.6 is 0 Å². The molecule has 0 saturated carbocycles. The fourth-order valence-electron chi connectivity index (χ4n) is 1.18. The summed E-state index contributed by atoms with van der Waals surface area (Å²) in [6, 6.07) is 0. The molecule has 1 heterocycles. The molecule has 80 valence electrons. The van der Waals surface area contributed by atoms with Gasteiger partial charge in [0.1, 0.15) is 5.82 Å². The van der Waals surface area contributed by atoms with Crippen LogP contribution in [0.4, 0.5) is 0 Å². The third-order valence-corrected chi connectivity index (χ3v) is 2.79. The van der Waals surface area contributed by atoms with Gasteiger partial charge in [-0.25, -0.2) is 4.98 Å². The van der Waals surface area contributed by atoms with E-state index in [0.29, 0.717) is 0 Å². The summed E-state index contributed by atoms with van der Waals surface area (Å²) in [5, 5.41) is 3.24. The van der Waals surface area contributed by atoms with Gasteiger partial charge in [0.2, 0.25) is 0 Å². The summed E-state index contributed by atoms with van der Waals surface area (Å²) in [6.45, 7) is 1.70. The molecule has 4 nitrogen and oxygen atoms in total. The molecule has 0 aliphatic rings. The molecular weight excluding hydrogens is 198 g/mol. The molecule has 14 heavy (non-hydrogen) atoms. The first-order valence-electron chi connectivity index (χ1n) is 4.67. The zero-order valence-electron chi connectivity index (χ0n) is 8.69. The molecule has 0 aliphatic carbocycles. The maximum atomic E-state index is 10.7. The maximum absolute atomic E-state index is 10.7. The fraction of sp³-hybridized carbons (Fsp3) is 0.667. The second-order valence-corrected chi connectivity index (χ2v) is 4.79. The summed E-state index contributed by atoms with van der Waals surface area (Å²) in [5.74, 6) is 1.80. The molecule has 0 amide bonds. The van der Waals surface area contributed by atoms with Crippen LogP contribution in [0.1, 0.15) is 5.82 Å². The lowest BCUT2D eigenvalue weighted by Gasteiger charge is -2.03. The summed E-state index contributed by atoms with van der Waals surface area (Å²) in [6.07, 6.45) is 6.38. The third kappa shape index (κ3) is 4.02. The quantitative estimate of drug-likeness (QED) is 0.676. The van der Waals surface area contributed by atoms with E-state index in [2.05, 4.69) is 10.3 Å². The molecule has 0 bridgehead atoms. The summed E-state index contributed by atoms with van der Waals surface area (Å²) in [5.41, 5.74) is 0. The zero-order chi connectivity index (χ0) is 10.4. The van der Waals surface area contributed by atoms with Gasteiger partial charge < -0.3 is 9.88 Å². The fourth-order valence-corrected chi connectivity index (χ4v) is 1.61. The smallest absolute Gasteiger partial charge is 0.109 e. The number of hydrogen-bond acceptors (Lipinski definition) is 3. The van der Waals surface area contributed by atoms with E-state index in [9.17, 15) is 4.21 Å². The van der Waals surface area contributed by atoms with Gasteiger partial charge in [-0.1, -0.05) is 0 Å². The van der Waals surface area contributed by atoms with Gasteiger partial charge in [-0.3, -0.25) is 4.21 Å². The average molecular weight is 215 g/mol. The van der Waals surface area contributed by atoms with Crippen molar-refractivity contribution in [1.82, 2.24) is 14.9 Å². The minimum atomic E-state index is -0.693. The lowest BCUT2D eigenvalue weighted by molar-refractivity contribution is 0.663. The van der Waals surface area contributed by atoms with Crippen molar-refractivity contribution in [3.05, 3.63) is 18.2 Å². The second-order valence-electron chi connectivity index (χ2n) is 3.23. The summed E-state index contributed by atoms with van der Waals surface area (Å²) in [4.78, 5) is 4.21. The first-order valence-corrected chi connectivity index (χ1v) is 6.40. The molecule has 0 aromatic carbocycles. The molecular formula is C9H17N3OS. The molecule has 0 saturated heterocycles. The van der Waals surface area contributed by atoms with E-state index >= 15 is 0 Å². The van der Waals surface area contributed by atoms with E-state index in [4.69, 9.17) is 0 Å². The highest BCUT2D eigenvalue weighted by Crippen LogP contribution is 1.93. The van der Waals surface area contributed by atoms with Crippen LogP contribution in [0.5, 0.6) is 0 Å². The number of aromatic nitrogens is 2. The minimum absolute atomic E-state index is 0.693. The summed E-state index contributed by atoms with van der Waals surface area (Å²) < 4.78 is 12.8. The van der Waals surface area contributed by atoms with Gasteiger partial charge in [-0.05, 0) is 0 Å². The Kier molecular flexibility index (Phi) is 4.82. The van der Waals surface area contributed by atoms with Crippen LogP contribution in [0.25, 0.3) is 0 Å². The highest BCUT2D eigenvalue weighted by atomic mass is 32.2. The number of aryl methyl sites for hydroxylation is 1. The van der Waals surface area contributed by atoms with Gasteiger partial charge in [0.15, 0.2) is 0 Å². The molecule has 0 radical (unpaired) electrons. The van der Waals surface area contributed by atoms with Crippen molar-refractivity contribution in [2.75, 3.05) is 25.1 Å². The standard InChI is InChI=1S/C9H17N3OS/c1-12-7-5-11-9(12)3-4-10-6-8-14(2)13/h5,7,10H,3-4,6,8H2,1-2H3. The monoisotopic (exact) mass is 215 g/mol. The molecule has 5 heteroatoms. The van der Waals surface area contributed by atoms with Crippen LogP contribution in [-0.4, -0.2) is 38.9 Å². The van der Waals surface area contributed by atoms with E-state index in [-0.39, 0.29) is 0 Å². The van der Waals surface area contributed by atoms with Crippen LogP contribution in [0.15, 0.2) is 12.4 Å². The third-order valence-electron chi connectivity index (χ3n) is 2.01. The maximum Gasteiger partial charge on any atom is 0.109 e. The molecule has 1 unspecified atom stereocenters.